The van der Waals surface area contributed by atoms with E-state index in [1.165, 1.54) is 13.2 Å². The van der Waals surface area contributed by atoms with Crippen molar-refractivity contribution in [1.82, 2.24) is 0 Å². The Balaban J connectivity index is 2.74. The van der Waals surface area contributed by atoms with Gasteiger partial charge in [-0.3, -0.25) is 14.4 Å². The zero-order chi connectivity index (χ0) is 22.4. The van der Waals surface area contributed by atoms with Crippen LogP contribution < -0.4 is 0 Å². The van der Waals surface area contributed by atoms with E-state index in [4.69, 9.17) is 23.7 Å². The lowest BCUT2D eigenvalue weighted by atomic mass is 9.70. The second-order valence-corrected chi connectivity index (χ2v) is 6.79. The first-order valence-corrected chi connectivity index (χ1v) is 9.03. The number of carbonyl (C=O) groups is 4. The van der Waals surface area contributed by atoms with Gasteiger partial charge in [0.15, 0.2) is 0 Å². The van der Waals surface area contributed by atoms with Gasteiger partial charge >= 0.3 is 23.9 Å². The molecule has 30 heavy (non-hydrogen) atoms. The Bertz CT molecular complexity index is 845. The minimum absolute atomic E-state index is 0.116. The Morgan fingerprint density at radius 3 is 1.93 bits per heavy atom. The molecule has 1 heterocycles. The van der Waals surface area contributed by atoms with E-state index in [2.05, 4.69) is 0 Å². The Labute approximate surface area is 173 Å². The molecule has 0 amide bonds. The predicted octanol–water partition coefficient (Wildman–Crippen LogP) is 1.65. The van der Waals surface area contributed by atoms with E-state index < -0.39 is 47.7 Å². The topological polar surface area (TPSA) is 114 Å². The summed E-state index contributed by atoms with van der Waals surface area (Å²) in [5, 5.41) is 0. The monoisotopic (exact) mass is 420 g/mol. The fourth-order valence-corrected chi connectivity index (χ4v) is 3.46. The first-order valence-electron chi connectivity index (χ1n) is 9.03. The molecule has 0 saturated carbocycles. The minimum atomic E-state index is -1.93. The highest BCUT2D eigenvalue weighted by molar-refractivity contribution is 5.93. The second-order valence-electron chi connectivity index (χ2n) is 6.79. The number of methoxy groups -OCH3 is 4. The fourth-order valence-electron chi connectivity index (χ4n) is 3.46. The molecule has 1 aliphatic rings. The number of carbonyl (C=O) groups excluding carboxylic acids is 4. The summed E-state index contributed by atoms with van der Waals surface area (Å²) in [6.07, 6.45) is 0.0550. The summed E-state index contributed by atoms with van der Waals surface area (Å²) >= 11 is 0. The molecule has 162 valence electrons. The van der Waals surface area contributed by atoms with Gasteiger partial charge in [0, 0.05) is 12.0 Å². The van der Waals surface area contributed by atoms with Crippen molar-refractivity contribution in [1.29, 1.82) is 0 Å². The van der Waals surface area contributed by atoms with E-state index in [1.807, 2.05) is 0 Å². The molecule has 9 heteroatoms. The standard InChI is InChI=1S/C21H24O9/c1-26-16(22)11-20(18(24)28-3)10-15(14-8-6-5-7-9-14)30-21(13-20,19(25)29-4)12-17(23)27-2/h5-10H,11-13H2,1-4H3/t20-,21+/m0/s1. The maximum Gasteiger partial charge on any atom is 0.350 e. The van der Waals surface area contributed by atoms with Crippen molar-refractivity contribution in [3.8, 4) is 0 Å². The van der Waals surface area contributed by atoms with Crippen LogP contribution in [0.25, 0.3) is 5.76 Å². The van der Waals surface area contributed by atoms with Crippen LogP contribution in [0.4, 0.5) is 0 Å². The molecule has 9 nitrogen and oxygen atoms in total. The predicted molar refractivity (Wildman–Crippen MR) is 103 cm³/mol. The van der Waals surface area contributed by atoms with E-state index in [-0.39, 0.29) is 12.2 Å². The summed E-state index contributed by atoms with van der Waals surface area (Å²) in [6.45, 7) is 0. The third kappa shape index (κ3) is 4.61. The van der Waals surface area contributed by atoms with Gasteiger partial charge in [0.2, 0.25) is 5.60 Å². The molecule has 1 aromatic carbocycles. The minimum Gasteiger partial charge on any atom is -0.475 e. The number of ether oxygens (including phenoxy) is 5. The summed E-state index contributed by atoms with van der Waals surface area (Å²) in [6, 6.07) is 8.62. The Morgan fingerprint density at radius 2 is 1.40 bits per heavy atom. The van der Waals surface area contributed by atoms with Crippen LogP contribution in [-0.4, -0.2) is 57.9 Å². The van der Waals surface area contributed by atoms with E-state index in [0.717, 1.165) is 21.3 Å². The zero-order valence-electron chi connectivity index (χ0n) is 17.3. The second kappa shape index (κ2) is 9.43. The first kappa shape index (κ1) is 22.9. The summed E-state index contributed by atoms with van der Waals surface area (Å²) < 4.78 is 25.3. The molecule has 0 spiro atoms. The van der Waals surface area contributed by atoms with Crippen molar-refractivity contribution >= 4 is 29.6 Å². The smallest absolute Gasteiger partial charge is 0.350 e. The van der Waals surface area contributed by atoms with Crippen molar-refractivity contribution in [2.24, 2.45) is 5.41 Å². The van der Waals surface area contributed by atoms with Gasteiger partial charge in [-0.05, 0) is 6.08 Å². The maximum absolute atomic E-state index is 12.9. The lowest BCUT2D eigenvalue weighted by molar-refractivity contribution is -0.179. The van der Waals surface area contributed by atoms with E-state index in [0.29, 0.717) is 5.56 Å². The molecule has 0 aliphatic carbocycles. The van der Waals surface area contributed by atoms with Crippen LogP contribution in [0.15, 0.2) is 36.4 Å². The highest BCUT2D eigenvalue weighted by Gasteiger charge is 2.58. The first-order chi connectivity index (χ1) is 14.3. The van der Waals surface area contributed by atoms with E-state index >= 15 is 0 Å². The highest BCUT2D eigenvalue weighted by atomic mass is 16.6. The maximum atomic E-state index is 12.9. The van der Waals surface area contributed by atoms with Crippen LogP contribution in [0.2, 0.25) is 0 Å². The molecule has 0 radical (unpaired) electrons. The highest BCUT2D eigenvalue weighted by Crippen LogP contribution is 2.47. The van der Waals surface area contributed by atoms with Crippen LogP contribution >= 0.6 is 0 Å². The molecule has 0 bridgehead atoms. The third-order valence-electron chi connectivity index (χ3n) is 4.87. The zero-order valence-corrected chi connectivity index (χ0v) is 17.3. The van der Waals surface area contributed by atoms with Crippen LogP contribution in [0.3, 0.4) is 0 Å². The molecule has 0 saturated heterocycles. The average molecular weight is 420 g/mol. The molecule has 2 atom stereocenters. The van der Waals surface area contributed by atoms with Crippen LogP contribution in [0, 0.1) is 5.41 Å². The van der Waals surface area contributed by atoms with Crippen LogP contribution in [0.5, 0.6) is 0 Å². The van der Waals surface area contributed by atoms with Crippen LogP contribution in [0.1, 0.15) is 24.8 Å². The largest absolute Gasteiger partial charge is 0.475 e. The van der Waals surface area contributed by atoms with Gasteiger partial charge in [0.25, 0.3) is 0 Å². The molecular weight excluding hydrogens is 396 g/mol. The molecule has 0 N–H and O–H groups in total. The van der Waals surface area contributed by atoms with Gasteiger partial charge in [0.1, 0.15) is 11.2 Å². The number of benzene rings is 1. The van der Waals surface area contributed by atoms with Gasteiger partial charge < -0.3 is 23.7 Å². The molecule has 0 aromatic heterocycles. The Morgan fingerprint density at radius 1 is 0.833 bits per heavy atom. The lowest BCUT2D eigenvalue weighted by Gasteiger charge is -2.42. The third-order valence-corrected chi connectivity index (χ3v) is 4.87. The van der Waals surface area contributed by atoms with Gasteiger partial charge in [-0.15, -0.1) is 0 Å². The van der Waals surface area contributed by atoms with Gasteiger partial charge in [-0.25, -0.2) is 4.79 Å². The number of hydrogen-bond acceptors (Lipinski definition) is 9. The molecule has 2 rings (SSSR count). The van der Waals surface area contributed by atoms with Crippen molar-refractivity contribution in [2.45, 2.75) is 24.9 Å². The number of rotatable bonds is 7. The fraction of sp³-hybridized carbons (Fsp3) is 0.429. The molecule has 0 fully saturated rings. The van der Waals surface area contributed by atoms with E-state index in [9.17, 15) is 19.2 Å². The summed E-state index contributed by atoms with van der Waals surface area (Å²) in [7, 11) is 4.63. The molecule has 1 aliphatic heterocycles. The number of esters is 4. The summed E-state index contributed by atoms with van der Waals surface area (Å²) in [5.41, 5.74) is -3.05. The Kier molecular flexibility index (Phi) is 7.20. The Hall–Kier alpha value is -3.36. The average Bonchev–Trinajstić information content (AvgIpc) is 2.77. The van der Waals surface area contributed by atoms with Gasteiger partial charge in [-0.1, -0.05) is 30.3 Å². The summed E-state index contributed by atoms with van der Waals surface area (Å²) in [4.78, 5) is 50.0. The number of hydrogen-bond donors (Lipinski definition) is 0. The van der Waals surface area contributed by atoms with Crippen molar-refractivity contribution in [3.63, 3.8) is 0 Å². The van der Waals surface area contributed by atoms with Crippen molar-refractivity contribution in [3.05, 3.63) is 42.0 Å². The SMILES string of the molecule is COC(=O)C[C@@]1(C(=O)OC)C=C(c2ccccc2)O[C@@](CC(=O)OC)(C(=O)OC)C1. The van der Waals surface area contributed by atoms with E-state index in [1.54, 1.807) is 30.3 Å². The quantitative estimate of drug-likeness (QED) is 0.480. The summed E-state index contributed by atoms with van der Waals surface area (Å²) in [5.74, 6) is -3.03. The molecule has 1 aromatic rings. The molecule has 0 unspecified atom stereocenters. The van der Waals surface area contributed by atoms with Crippen molar-refractivity contribution in [2.75, 3.05) is 28.4 Å². The lowest BCUT2D eigenvalue weighted by Crippen LogP contribution is -2.53. The van der Waals surface area contributed by atoms with Gasteiger partial charge in [-0.2, -0.15) is 0 Å². The van der Waals surface area contributed by atoms with Crippen LogP contribution in [-0.2, 0) is 42.9 Å². The van der Waals surface area contributed by atoms with Crippen molar-refractivity contribution < 1.29 is 42.9 Å². The molecular formula is C21H24O9. The van der Waals surface area contributed by atoms with Gasteiger partial charge in [0.05, 0.1) is 41.3 Å². The normalized spacial score (nSPS) is 22.7.